The summed E-state index contributed by atoms with van der Waals surface area (Å²) in [5.41, 5.74) is 3.98. The summed E-state index contributed by atoms with van der Waals surface area (Å²) >= 11 is 0. The Morgan fingerprint density at radius 2 is 2.04 bits per heavy atom. The highest BCUT2D eigenvalue weighted by Crippen LogP contribution is 2.57. The number of benzene rings is 1. The molecule has 1 aromatic carbocycles. The van der Waals surface area contributed by atoms with E-state index in [9.17, 15) is 18.0 Å². The largest absolute Gasteiger partial charge is 0.416 e. The van der Waals surface area contributed by atoms with E-state index >= 15 is 0 Å². The number of halogens is 4. The van der Waals surface area contributed by atoms with Crippen molar-refractivity contribution in [1.29, 1.82) is 0 Å². The van der Waals surface area contributed by atoms with Crippen molar-refractivity contribution in [2.45, 2.75) is 44.5 Å². The van der Waals surface area contributed by atoms with Crippen molar-refractivity contribution in [2.75, 3.05) is 11.9 Å². The molecule has 140 valence electrons. The van der Waals surface area contributed by atoms with Crippen molar-refractivity contribution in [2.24, 2.45) is 17.1 Å². The first kappa shape index (κ1) is 20.0. The number of hydrogen-bond acceptors (Lipinski definition) is 3. The Bertz CT molecular complexity index is 666. The Morgan fingerprint density at radius 3 is 2.68 bits per heavy atom. The zero-order valence-corrected chi connectivity index (χ0v) is 14.8. The minimum atomic E-state index is -4.46. The number of nitrogens with one attached hydrogen (secondary N) is 1. The van der Waals surface area contributed by atoms with Gasteiger partial charge in [0.2, 0.25) is 5.91 Å². The van der Waals surface area contributed by atoms with Gasteiger partial charge in [-0.15, -0.1) is 12.4 Å². The quantitative estimate of drug-likeness (QED) is 0.826. The third kappa shape index (κ3) is 3.02. The van der Waals surface area contributed by atoms with Gasteiger partial charge in [0.15, 0.2) is 0 Å². The van der Waals surface area contributed by atoms with Crippen molar-refractivity contribution in [3.63, 3.8) is 0 Å². The summed E-state index contributed by atoms with van der Waals surface area (Å²) in [4.78, 5) is 12.8. The maximum atomic E-state index is 12.8. The molecule has 1 amide bonds. The van der Waals surface area contributed by atoms with Crippen molar-refractivity contribution in [3.05, 3.63) is 29.8 Å². The van der Waals surface area contributed by atoms with Crippen molar-refractivity contribution >= 4 is 24.0 Å². The van der Waals surface area contributed by atoms with Gasteiger partial charge in [-0.25, -0.2) is 0 Å². The fourth-order valence-corrected chi connectivity index (χ4v) is 4.04. The molecule has 25 heavy (non-hydrogen) atoms. The second kappa shape index (κ2) is 6.45. The number of amides is 1. The molecule has 3 atom stereocenters. The fraction of sp³-hybridized carbons (Fsp3) is 0.588. The van der Waals surface area contributed by atoms with E-state index in [1.54, 1.807) is 0 Å². The highest BCUT2D eigenvalue weighted by atomic mass is 35.5. The van der Waals surface area contributed by atoms with Gasteiger partial charge in [0.05, 0.1) is 11.7 Å². The molecule has 1 heterocycles. The highest BCUT2D eigenvalue weighted by molar-refractivity contribution is 6.00. The second-order valence-corrected chi connectivity index (χ2v) is 7.16. The van der Waals surface area contributed by atoms with Gasteiger partial charge in [0.1, 0.15) is 5.54 Å². The van der Waals surface area contributed by atoms with Crippen LogP contribution < -0.4 is 11.1 Å². The zero-order valence-electron chi connectivity index (χ0n) is 14.0. The number of carbonyl (C=O) groups is 1. The number of nitrogens with two attached hydrogens (primary N) is 1. The lowest BCUT2D eigenvalue weighted by Gasteiger charge is -2.65. The SMILES string of the molecule is CC1(C)C2OCCCC2C1(N)C(=O)Nc1cccc(C(F)(F)F)c1.Cl. The van der Waals surface area contributed by atoms with E-state index in [4.69, 9.17) is 10.5 Å². The van der Waals surface area contributed by atoms with Gasteiger partial charge in [-0.2, -0.15) is 13.2 Å². The van der Waals surface area contributed by atoms with Crippen LogP contribution in [-0.4, -0.2) is 24.2 Å². The molecule has 4 nitrogen and oxygen atoms in total. The molecule has 3 N–H and O–H groups in total. The number of alkyl halides is 3. The van der Waals surface area contributed by atoms with Crippen LogP contribution in [0.3, 0.4) is 0 Å². The van der Waals surface area contributed by atoms with E-state index in [2.05, 4.69) is 5.32 Å². The molecule has 1 saturated heterocycles. The Morgan fingerprint density at radius 1 is 1.36 bits per heavy atom. The van der Waals surface area contributed by atoms with E-state index < -0.39 is 28.6 Å². The third-order valence-electron chi connectivity index (χ3n) is 5.51. The normalized spacial score (nSPS) is 30.5. The summed E-state index contributed by atoms with van der Waals surface area (Å²) < 4.78 is 44.2. The molecule has 1 aliphatic heterocycles. The molecule has 1 aromatic rings. The Hall–Kier alpha value is -1.31. The first-order chi connectivity index (χ1) is 11.1. The summed E-state index contributed by atoms with van der Waals surface area (Å²) in [6, 6.07) is 4.57. The lowest BCUT2D eigenvalue weighted by atomic mass is 9.46. The molecule has 1 aliphatic carbocycles. The predicted octanol–water partition coefficient (Wildman–Crippen LogP) is 3.60. The number of carbonyl (C=O) groups excluding carboxylic acids is 1. The first-order valence-electron chi connectivity index (χ1n) is 7.97. The van der Waals surface area contributed by atoms with Crippen LogP contribution in [0.25, 0.3) is 0 Å². The predicted molar refractivity (Wildman–Crippen MR) is 90.5 cm³/mol. The third-order valence-corrected chi connectivity index (χ3v) is 5.51. The molecule has 3 rings (SSSR count). The molecule has 0 radical (unpaired) electrons. The van der Waals surface area contributed by atoms with Crippen LogP contribution in [0.5, 0.6) is 0 Å². The lowest BCUT2D eigenvalue weighted by Crippen LogP contribution is -2.81. The molecule has 8 heteroatoms. The standard InChI is InChI=1S/C17H21F3N2O2.ClH/c1-15(2)13-12(7-4-8-24-13)16(15,21)14(23)22-11-6-3-5-10(9-11)17(18,19)20;/h3,5-6,9,12-13H,4,7-8,21H2,1-2H3,(H,22,23);1H. The van der Waals surface area contributed by atoms with Gasteiger partial charge in [0, 0.05) is 23.6 Å². The van der Waals surface area contributed by atoms with Crippen LogP contribution in [0.1, 0.15) is 32.3 Å². The van der Waals surface area contributed by atoms with Crippen molar-refractivity contribution in [3.8, 4) is 0 Å². The summed E-state index contributed by atoms with van der Waals surface area (Å²) in [6.45, 7) is 4.38. The molecule has 3 unspecified atom stereocenters. The molecular weight excluding hydrogens is 357 g/mol. The summed E-state index contributed by atoms with van der Waals surface area (Å²) in [7, 11) is 0. The number of rotatable bonds is 2. The van der Waals surface area contributed by atoms with Gasteiger partial charge in [0.25, 0.3) is 0 Å². The molecule has 1 saturated carbocycles. The minimum absolute atomic E-state index is 0. The molecule has 0 aromatic heterocycles. The van der Waals surface area contributed by atoms with Crippen molar-refractivity contribution < 1.29 is 22.7 Å². The van der Waals surface area contributed by atoms with Crippen LogP contribution in [0.15, 0.2) is 24.3 Å². The topological polar surface area (TPSA) is 64.3 Å². The van der Waals surface area contributed by atoms with Crippen LogP contribution in [0.4, 0.5) is 18.9 Å². The Balaban J connectivity index is 0.00000225. The van der Waals surface area contributed by atoms with Gasteiger partial charge in [-0.1, -0.05) is 19.9 Å². The van der Waals surface area contributed by atoms with E-state index in [1.807, 2.05) is 13.8 Å². The Labute approximate surface area is 150 Å². The molecule has 2 aliphatic rings. The van der Waals surface area contributed by atoms with Crippen LogP contribution in [0.2, 0.25) is 0 Å². The molecular formula is C17H22ClF3N2O2. The van der Waals surface area contributed by atoms with E-state index in [0.29, 0.717) is 6.61 Å². The lowest BCUT2D eigenvalue weighted by molar-refractivity contribution is -0.222. The first-order valence-corrected chi connectivity index (χ1v) is 7.97. The van der Waals surface area contributed by atoms with Crippen LogP contribution >= 0.6 is 12.4 Å². The van der Waals surface area contributed by atoms with Gasteiger partial charge < -0.3 is 15.8 Å². The van der Waals surface area contributed by atoms with Gasteiger partial charge in [-0.05, 0) is 31.0 Å². The monoisotopic (exact) mass is 378 g/mol. The van der Waals surface area contributed by atoms with Gasteiger partial charge >= 0.3 is 6.18 Å². The van der Waals surface area contributed by atoms with Gasteiger partial charge in [-0.3, -0.25) is 4.79 Å². The molecule has 0 spiro atoms. The highest BCUT2D eigenvalue weighted by Gasteiger charge is 2.70. The average molecular weight is 379 g/mol. The van der Waals surface area contributed by atoms with Crippen molar-refractivity contribution in [1.82, 2.24) is 0 Å². The number of fused-ring (bicyclic) bond motifs is 1. The number of anilines is 1. The summed E-state index contributed by atoms with van der Waals surface area (Å²) in [5.74, 6) is -0.578. The minimum Gasteiger partial charge on any atom is -0.377 e. The Kier molecular flexibility index (Phi) is 5.16. The summed E-state index contributed by atoms with van der Waals surface area (Å²) in [6.07, 6.45) is -2.95. The second-order valence-electron chi connectivity index (χ2n) is 7.16. The van der Waals surface area contributed by atoms with Crippen LogP contribution in [0, 0.1) is 11.3 Å². The number of hydrogen-bond donors (Lipinski definition) is 2. The van der Waals surface area contributed by atoms with E-state index in [-0.39, 0.29) is 30.1 Å². The molecule has 2 fully saturated rings. The van der Waals surface area contributed by atoms with E-state index in [0.717, 1.165) is 25.0 Å². The smallest absolute Gasteiger partial charge is 0.377 e. The number of ether oxygens (including phenoxy) is 1. The fourth-order valence-electron chi connectivity index (χ4n) is 4.04. The summed E-state index contributed by atoms with van der Waals surface area (Å²) in [5, 5.41) is 2.57. The maximum Gasteiger partial charge on any atom is 0.416 e. The maximum absolute atomic E-state index is 12.8. The molecule has 0 bridgehead atoms. The average Bonchev–Trinajstić information content (AvgIpc) is 2.53. The van der Waals surface area contributed by atoms with E-state index in [1.165, 1.54) is 12.1 Å². The zero-order chi connectivity index (χ0) is 17.8. The van der Waals surface area contributed by atoms with Crippen LogP contribution in [-0.2, 0) is 15.7 Å².